The molecule has 2 rings (SSSR count). The van der Waals surface area contributed by atoms with Crippen LogP contribution in [0.3, 0.4) is 0 Å². The van der Waals surface area contributed by atoms with E-state index in [4.69, 9.17) is 0 Å². The molecular weight excluding hydrogens is 359 g/mol. The fourth-order valence-corrected chi connectivity index (χ4v) is 2.33. The van der Waals surface area contributed by atoms with Gasteiger partial charge in [0.1, 0.15) is 0 Å². The monoisotopic (exact) mass is 379 g/mol. The Balaban J connectivity index is 2.15. The number of nitrogens with one attached hydrogen (secondary N) is 3. The van der Waals surface area contributed by atoms with E-state index in [0.29, 0.717) is 12.2 Å². The van der Waals surface area contributed by atoms with Gasteiger partial charge < -0.3 is 16.0 Å². The van der Waals surface area contributed by atoms with Crippen LogP contribution in [0.15, 0.2) is 42.5 Å². The molecule has 0 aliphatic carbocycles. The quantitative estimate of drug-likeness (QED) is 0.715. The predicted molar refractivity (Wildman–Crippen MR) is 97.7 cm³/mol. The number of halogens is 3. The van der Waals surface area contributed by atoms with Crippen molar-refractivity contribution in [3.63, 3.8) is 0 Å². The van der Waals surface area contributed by atoms with Gasteiger partial charge in [-0.3, -0.25) is 9.59 Å². The largest absolute Gasteiger partial charge is 0.416 e. The maximum absolute atomic E-state index is 12.8. The zero-order valence-electron chi connectivity index (χ0n) is 14.9. The topological polar surface area (TPSA) is 70.2 Å². The van der Waals surface area contributed by atoms with Crippen molar-refractivity contribution in [1.82, 2.24) is 5.32 Å². The van der Waals surface area contributed by atoms with E-state index in [2.05, 4.69) is 16.0 Å². The van der Waals surface area contributed by atoms with Gasteiger partial charge in [0.2, 0.25) is 5.91 Å². The van der Waals surface area contributed by atoms with Gasteiger partial charge in [-0.2, -0.15) is 13.2 Å². The molecule has 0 atom stereocenters. The molecule has 0 unspecified atom stereocenters. The Morgan fingerprint density at radius 1 is 1.04 bits per heavy atom. The van der Waals surface area contributed by atoms with Gasteiger partial charge in [0.05, 0.1) is 5.56 Å². The summed E-state index contributed by atoms with van der Waals surface area (Å²) in [5.74, 6) is -0.775. The standard InChI is InChI=1S/C19H20F3N3O2/c1-12-6-7-13(10-16(12)25-17(26)8-9-23-2)18(27)24-15-5-3-4-14(11-15)19(20,21)22/h3-7,10-11,23H,8-9H2,1-2H3,(H,24,27)(H,25,26). The molecule has 0 saturated heterocycles. The summed E-state index contributed by atoms with van der Waals surface area (Å²) in [5.41, 5.74) is 0.662. The van der Waals surface area contributed by atoms with Gasteiger partial charge in [-0.05, 0) is 49.9 Å². The molecule has 8 heteroatoms. The lowest BCUT2D eigenvalue weighted by molar-refractivity contribution is -0.137. The van der Waals surface area contributed by atoms with Crippen LogP contribution in [0, 0.1) is 6.92 Å². The lowest BCUT2D eigenvalue weighted by Crippen LogP contribution is -2.19. The maximum atomic E-state index is 12.8. The number of rotatable bonds is 6. The Hall–Kier alpha value is -2.87. The summed E-state index contributed by atoms with van der Waals surface area (Å²) < 4.78 is 38.3. The van der Waals surface area contributed by atoms with Gasteiger partial charge in [-0.25, -0.2) is 0 Å². The number of aryl methyl sites for hydroxylation is 1. The highest BCUT2D eigenvalue weighted by Gasteiger charge is 2.30. The summed E-state index contributed by atoms with van der Waals surface area (Å²) in [5, 5.41) is 8.03. The Morgan fingerprint density at radius 3 is 2.44 bits per heavy atom. The molecule has 5 nitrogen and oxygen atoms in total. The summed E-state index contributed by atoms with van der Waals surface area (Å²) >= 11 is 0. The molecule has 2 aromatic rings. The van der Waals surface area contributed by atoms with Crippen molar-refractivity contribution in [2.24, 2.45) is 0 Å². The summed E-state index contributed by atoms with van der Waals surface area (Å²) in [6, 6.07) is 9.10. The normalized spacial score (nSPS) is 11.1. The van der Waals surface area contributed by atoms with Crippen LogP contribution in [-0.2, 0) is 11.0 Å². The molecule has 0 aromatic heterocycles. The summed E-state index contributed by atoms with van der Waals surface area (Å²) in [4.78, 5) is 24.3. The third-order valence-electron chi connectivity index (χ3n) is 3.82. The van der Waals surface area contributed by atoms with Crippen LogP contribution in [0.25, 0.3) is 0 Å². The number of carbonyl (C=O) groups is 2. The number of hydrogen-bond donors (Lipinski definition) is 3. The molecule has 144 valence electrons. The molecular formula is C19H20F3N3O2. The molecule has 0 radical (unpaired) electrons. The maximum Gasteiger partial charge on any atom is 0.416 e. The van der Waals surface area contributed by atoms with E-state index in [1.165, 1.54) is 18.2 Å². The van der Waals surface area contributed by atoms with Crippen LogP contribution < -0.4 is 16.0 Å². The first-order valence-corrected chi connectivity index (χ1v) is 8.24. The van der Waals surface area contributed by atoms with Crippen LogP contribution in [0.4, 0.5) is 24.5 Å². The summed E-state index contributed by atoms with van der Waals surface area (Å²) in [6.45, 7) is 2.29. The second kappa shape index (κ2) is 8.68. The van der Waals surface area contributed by atoms with E-state index in [0.717, 1.165) is 17.7 Å². The Morgan fingerprint density at radius 2 is 1.78 bits per heavy atom. The van der Waals surface area contributed by atoms with Crippen LogP contribution in [0.5, 0.6) is 0 Å². The minimum Gasteiger partial charge on any atom is -0.326 e. The molecule has 0 heterocycles. The molecule has 0 aliphatic heterocycles. The first-order chi connectivity index (χ1) is 12.7. The SMILES string of the molecule is CNCCC(=O)Nc1cc(C(=O)Nc2cccc(C(F)(F)F)c2)ccc1C. The van der Waals surface area contributed by atoms with E-state index in [9.17, 15) is 22.8 Å². The third kappa shape index (κ3) is 5.82. The number of carbonyl (C=O) groups excluding carboxylic acids is 2. The minimum atomic E-state index is -4.49. The van der Waals surface area contributed by atoms with Crippen molar-refractivity contribution in [2.45, 2.75) is 19.5 Å². The molecule has 3 N–H and O–H groups in total. The second-order valence-corrected chi connectivity index (χ2v) is 5.96. The van der Waals surface area contributed by atoms with E-state index < -0.39 is 17.6 Å². The van der Waals surface area contributed by atoms with E-state index in [1.54, 1.807) is 26.1 Å². The molecule has 27 heavy (non-hydrogen) atoms. The number of amides is 2. The molecule has 0 spiro atoms. The third-order valence-corrected chi connectivity index (χ3v) is 3.82. The highest BCUT2D eigenvalue weighted by atomic mass is 19.4. The number of hydrogen-bond acceptors (Lipinski definition) is 3. The Labute approximate surface area is 155 Å². The van der Waals surface area contributed by atoms with Crippen molar-refractivity contribution in [2.75, 3.05) is 24.2 Å². The Kier molecular flexibility index (Phi) is 6.57. The fourth-order valence-electron chi connectivity index (χ4n) is 2.33. The number of alkyl halides is 3. The lowest BCUT2D eigenvalue weighted by atomic mass is 10.1. The fraction of sp³-hybridized carbons (Fsp3) is 0.263. The Bertz CT molecular complexity index is 835. The molecule has 0 bridgehead atoms. The predicted octanol–water partition coefficient (Wildman–Crippen LogP) is 3.81. The molecule has 2 amide bonds. The highest BCUT2D eigenvalue weighted by Crippen LogP contribution is 2.30. The first-order valence-electron chi connectivity index (χ1n) is 8.24. The smallest absolute Gasteiger partial charge is 0.326 e. The van der Waals surface area contributed by atoms with E-state index >= 15 is 0 Å². The average molecular weight is 379 g/mol. The minimum absolute atomic E-state index is 0.0370. The zero-order chi connectivity index (χ0) is 20.0. The van der Waals surface area contributed by atoms with Gasteiger partial charge in [-0.15, -0.1) is 0 Å². The molecule has 0 saturated carbocycles. The second-order valence-electron chi connectivity index (χ2n) is 5.96. The van der Waals surface area contributed by atoms with Crippen molar-refractivity contribution in [3.05, 3.63) is 59.2 Å². The van der Waals surface area contributed by atoms with Crippen molar-refractivity contribution >= 4 is 23.2 Å². The van der Waals surface area contributed by atoms with Crippen molar-refractivity contribution in [1.29, 1.82) is 0 Å². The van der Waals surface area contributed by atoms with Gasteiger partial charge in [0.15, 0.2) is 0 Å². The molecule has 2 aromatic carbocycles. The van der Waals surface area contributed by atoms with Crippen molar-refractivity contribution < 1.29 is 22.8 Å². The van der Waals surface area contributed by atoms with Crippen molar-refractivity contribution in [3.8, 4) is 0 Å². The van der Waals surface area contributed by atoms with Gasteiger partial charge in [0.25, 0.3) is 5.91 Å². The highest BCUT2D eigenvalue weighted by molar-refractivity contribution is 6.05. The van der Waals surface area contributed by atoms with E-state index in [-0.39, 0.29) is 23.6 Å². The van der Waals surface area contributed by atoms with Gasteiger partial charge >= 0.3 is 6.18 Å². The van der Waals surface area contributed by atoms with Gasteiger partial charge in [-0.1, -0.05) is 12.1 Å². The molecule has 0 fully saturated rings. The summed E-state index contributed by atoms with van der Waals surface area (Å²) in [7, 11) is 1.73. The first kappa shape index (κ1) is 20.4. The van der Waals surface area contributed by atoms with Crippen LogP contribution in [0.2, 0.25) is 0 Å². The number of benzene rings is 2. The average Bonchev–Trinajstić information content (AvgIpc) is 2.61. The number of anilines is 2. The van der Waals surface area contributed by atoms with Gasteiger partial charge in [0, 0.05) is 29.9 Å². The van der Waals surface area contributed by atoms with Crippen LogP contribution in [-0.4, -0.2) is 25.4 Å². The molecule has 0 aliphatic rings. The zero-order valence-corrected chi connectivity index (χ0v) is 14.9. The lowest BCUT2D eigenvalue weighted by Gasteiger charge is -2.12. The summed E-state index contributed by atoms with van der Waals surface area (Å²) in [6.07, 6.45) is -4.22. The van der Waals surface area contributed by atoms with E-state index in [1.807, 2.05) is 0 Å². The van der Waals surface area contributed by atoms with Crippen LogP contribution >= 0.6 is 0 Å². The van der Waals surface area contributed by atoms with Crippen LogP contribution in [0.1, 0.15) is 27.9 Å².